The summed E-state index contributed by atoms with van der Waals surface area (Å²) >= 11 is 6.33. The van der Waals surface area contributed by atoms with Gasteiger partial charge in [0.25, 0.3) is 5.54 Å². The van der Waals surface area contributed by atoms with Gasteiger partial charge in [-0.05, 0) is 75.6 Å². The van der Waals surface area contributed by atoms with E-state index in [1.807, 2.05) is 48.2 Å². The van der Waals surface area contributed by atoms with Crippen LogP contribution in [0.25, 0.3) is 0 Å². The molecule has 0 aromatic heterocycles. The summed E-state index contributed by atoms with van der Waals surface area (Å²) in [7, 11) is -4.63. The molecule has 10 heteroatoms. The van der Waals surface area contributed by atoms with Crippen LogP contribution < -0.4 is 0 Å². The first-order chi connectivity index (χ1) is 22.4. The van der Waals surface area contributed by atoms with Crippen LogP contribution >= 0.6 is 11.6 Å². The van der Waals surface area contributed by atoms with Crippen molar-refractivity contribution in [1.29, 1.82) is 0 Å². The van der Waals surface area contributed by atoms with Gasteiger partial charge in [-0.2, -0.15) is 0 Å². The van der Waals surface area contributed by atoms with Crippen molar-refractivity contribution in [2.75, 3.05) is 0 Å². The minimum Gasteiger partial charge on any atom is -0.461 e. The van der Waals surface area contributed by atoms with E-state index < -0.39 is 51.9 Å². The van der Waals surface area contributed by atoms with E-state index in [1.54, 1.807) is 88.4 Å². The lowest BCUT2D eigenvalue weighted by Gasteiger charge is -2.38. The molecule has 0 unspecified atom stereocenters. The van der Waals surface area contributed by atoms with Crippen molar-refractivity contribution in [2.45, 2.75) is 76.0 Å². The first-order valence-corrected chi connectivity index (χ1v) is 17.3. The smallest absolute Gasteiger partial charge is 0.341 e. The Morgan fingerprint density at radius 1 is 0.745 bits per heavy atom. The molecule has 1 aliphatic heterocycles. The topological polar surface area (TPSA) is 93.2 Å². The van der Waals surface area contributed by atoms with Gasteiger partial charge in [-0.15, -0.1) is 4.31 Å². The van der Waals surface area contributed by atoms with E-state index >= 15 is 8.42 Å². The fourth-order valence-electron chi connectivity index (χ4n) is 6.07. The van der Waals surface area contributed by atoms with Crippen molar-refractivity contribution in [3.05, 3.63) is 136 Å². The van der Waals surface area contributed by atoms with E-state index in [0.29, 0.717) is 16.1 Å². The zero-order valence-corrected chi connectivity index (χ0v) is 28.6. The van der Waals surface area contributed by atoms with Crippen molar-refractivity contribution in [2.24, 2.45) is 0 Å². The number of aryl methyl sites for hydroxylation is 1. The van der Waals surface area contributed by atoms with E-state index in [0.717, 1.165) is 15.4 Å². The van der Waals surface area contributed by atoms with Crippen molar-refractivity contribution >= 4 is 33.6 Å². The van der Waals surface area contributed by atoms with Crippen LogP contribution in [-0.2, 0) is 35.6 Å². The second-order valence-corrected chi connectivity index (χ2v) is 14.4. The van der Waals surface area contributed by atoms with Gasteiger partial charge >= 0.3 is 11.9 Å². The standard InChI is InChI=1S/C37H39ClN2O6S/c1-25(2)45-35(41)37(36(42)46-26(3)4)33(29-18-20-31(38)21-19-29)39(24-28-12-8-6-9-13-28)34(30-14-10-7-11-15-30)40(37)47(43,44)32-22-16-27(5)17-23-32/h6-23,25-26,33-34H,24H2,1-5H3/t33-,34+/m1/s1. The SMILES string of the molecule is Cc1ccc(S(=O)(=O)N2[C@@H](c3ccccc3)N(Cc3ccccc3)[C@H](c3ccc(Cl)cc3)C2(C(=O)OC(C)C)C(=O)OC(C)C)cc1. The first kappa shape index (κ1) is 34.3. The molecule has 0 radical (unpaired) electrons. The van der Waals surface area contributed by atoms with Crippen LogP contribution in [0.1, 0.15) is 62.2 Å². The van der Waals surface area contributed by atoms with E-state index in [2.05, 4.69) is 0 Å². The number of carbonyl (C=O) groups excluding carboxylic acids is 2. The average Bonchev–Trinajstić information content (AvgIpc) is 3.34. The number of hydrogen-bond donors (Lipinski definition) is 0. The molecular weight excluding hydrogens is 636 g/mol. The maximum Gasteiger partial charge on any atom is 0.341 e. The number of ether oxygens (including phenoxy) is 2. The molecule has 4 aromatic carbocycles. The molecule has 2 atom stereocenters. The Kier molecular flexibility index (Phi) is 10.2. The summed E-state index contributed by atoms with van der Waals surface area (Å²) in [5.74, 6) is -2.07. The minimum atomic E-state index is -4.63. The fourth-order valence-corrected chi connectivity index (χ4v) is 8.04. The Morgan fingerprint density at radius 2 is 1.26 bits per heavy atom. The lowest BCUT2D eigenvalue weighted by Crippen LogP contribution is -2.63. The van der Waals surface area contributed by atoms with E-state index in [4.69, 9.17) is 21.1 Å². The third-order valence-corrected chi connectivity index (χ3v) is 10.1. The molecule has 0 amide bonds. The van der Waals surface area contributed by atoms with Crippen LogP contribution in [0.3, 0.4) is 0 Å². The Morgan fingerprint density at radius 3 is 1.77 bits per heavy atom. The number of sulfonamides is 1. The highest BCUT2D eigenvalue weighted by Crippen LogP contribution is 2.56. The number of rotatable bonds is 10. The first-order valence-electron chi connectivity index (χ1n) is 15.5. The summed E-state index contributed by atoms with van der Waals surface area (Å²) in [5.41, 5.74) is 0.190. The van der Waals surface area contributed by atoms with Gasteiger partial charge in [-0.1, -0.05) is 102 Å². The number of nitrogens with zero attached hydrogens (tertiary/aromatic N) is 2. The highest BCUT2D eigenvalue weighted by molar-refractivity contribution is 7.89. The summed E-state index contributed by atoms with van der Waals surface area (Å²) in [6.07, 6.45) is -2.51. The zero-order valence-electron chi connectivity index (χ0n) is 27.0. The van der Waals surface area contributed by atoms with Crippen LogP contribution in [0, 0.1) is 6.92 Å². The van der Waals surface area contributed by atoms with Crippen molar-refractivity contribution in [1.82, 2.24) is 9.21 Å². The largest absolute Gasteiger partial charge is 0.461 e. The summed E-state index contributed by atoms with van der Waals surface area (Å²) in [6, 6.07) is 30.3. The van der Waals surface area contributed by atoms with Gasteiger partial charge in [-0.3, -0.25) is 4.90 Å². The maximum atomic E-state index is 15.2. The number of carbonyl (C=O) groups is 2. The number of hydrogen-bond acceptors (Lipinski definition) is 7. The highest BCUT2D eigenvalue weighted by atomic mass is 35.5. The Labute approximate surface area is 281 Å². The lowest BCUT2D eigenvalue weighted by atomic mass is 9.85. The zero-order chi connectivity index (χ0) is 33.9. The Balaban J connectivity index is 1.95. The third-order valence-electron chi connectivity index (χ3n) is 7.99. The lowest BCUT2D eigenvalue weighted by molar-refractivity contribution is -0.176. The van der Waals surface area contributed by atoms with Crippen LogP contribution in [0.5, 0.6) is 0 Å². The fraction of sp³-hybridized carbons (Fsp3) is 0.297. The minimum absolute atomic E-state index is 0.0838. The summed E-state index contributed by atoms with van der Waals surface area (Å²) in [6.45, 7) is 8.63. The van der Waals surface area contributed by atoms with Crippen LogP contribution in [-0.4, -0.2) is 47.3 Å². The van der Waals surface area contributed by atoms with E-state index in [-0.39, 0.29) is 11.4 Å². The molecule has 1 fully saturated rings. The van der Waals surface area contributed by atoms with Crippen LogP contribution in [0.15, 0.2) is 114 Å². The normalized spacial score (nSPS) is 18.4. The molecule has 0 bridgehead atoms. The van der Waals surface area contributed by atoms with Crippen molar-refractivity contribution < 1.29 is 27.5 Å². The molecule has 0 spiro atoms. The monoisotopic (exact) mass is 674 g/mol. The average molecular weight is 675 g/mol. The molecular formula is C37H39ClN2O6S. The number of halogens is 1. The van der Waals surface area contributed by atoms with Gasteiger partial charge in [0.1, 0.15) is 6.17 Å². The summed E-state index contributed by atoms with van der Waals surface area (Å²) < 4.78 is 43.2. The molecule has 47 heavy (non-hydrogen) atoms. The quantitative estimate of drug-likeness (QED) is 0.129. The predicted molar refractivity (Wildman–Crippen MR) is 181 cm³/mol. The number of benzene rings is 4. The summed E-state index contributed by atoms with van der Waals surface area (Å²) in [4.78, 5) is 31.6. The second kappa shape index (κ2) is 14.0. The Bertz CT molecular complexity index is 1780. The van der Waals surface area contributed by atoms with Gasteiger partial charge in [0.2, 0.25) is 10.0 Å². The second-order valence-electron chi connectivity index (χ2n) is 12.2. The molecule has 1 heterocycles. The molecule has 0 N–H and O–H groups in total. The highest BCUT2D eigenvalue weighted by Gasteiger charge is 2.73. The van der Waals surface area contributed by atoms with E-state index in [1.165, 1.54) is 12.1 Å². The van der Waals surface area contributed by atoms with Gasteiger partial charge in [0.15, 0.2) is 0 Å². The predicted octanol–water partition coefficient (Wildman–Crippen LogP) is 7.24. The van der Waals surface area contributed by atoms with Gasteiger partial charge < -0.3 is 9.47 Å². The molecule has 4 aromatic rings. The van der Waals surface area contributed by atoms with E-state index in [9.17, 15) is 9.59 Å². The maximum absolute atomic E-state index is 15.2. The molecule has 1 saturated heterocycles. The Hall–Kier alpha value is -4.02. The van der Waals surface area contributed by atoms with Crippen molar-refractivity contribution in [3.8, 4) is 0 Å². The molecule has 0 aliphatic carbocycles. The number of esters is 2. The molecule has 8 nitrogen and oxygen atoms in total. The molecule has 5 rings (SSSR count). The molecule has 1 aliphatic rings. The van der Waals surface area contributed by atoms with Crippen LogP contribution in [0.4, 0.5) is 0 Å². The van der Waals surface area contributed by atoms with Crippen molar-refractivity contribution in [3.63, 3.8) is 0 Å². The molecule has 0 saturated carbocycles. The van der Waals surface area contributed by atoms with Gasteiger partial charge in [0, 0.05) is 11.6 Å². The van der Waals surface area contributed by atoms with Gasteiger partial charge in [0.05, 0.1) is 23.1 Å². The summed E-state index contributed by atoms with van der Waals surface area (Å²) in [5, 5.41) is 0.435. The molecule has 246 valence electrons. The third kappa shape index (κ3) is 6.71. The van der Waals surface area contributed by atoms with Crippen LogP contribution in [0.2, 0.25) is 5.02 Å². The van der Waals surface area contributed by atoms with Gasteiger partial charge in [-0.25, -0.2) is 18.0 Å².